The molecule has 1 N–H and O–H groups in total. The van der Waals surface area contributed by atoms with Crippen LogP contribution >= 0.6 is 0 Å². The van der Waals surface area contributed by atoms with Crippen molar-refractivity contribution in [3.05, 3.63) is 11.6 Å². The van der Waals surface area contributed by atoms with Gasteiger partial charge in [0.15, 0.2) is 8.32 Å². The normalized spacial score (nSPS) is 29.6. The summed E-state index contributed by atoms with van der Waals surface area (Å²) >= 11 is 0. The highest BCUT2D eigenvalue weighted by atomic mass is 28.4. The van der Waals surface area contributed by atoms with Crippen molar-refractivity contribution in [3.63, 3.8) is 0 Å². The van der Waals surface area contributed by atoms with E-state index in [2.05, 4.69) is 53.8 Å². The second kappa shape index (κ2) is 5.34. The zero-order chi connectivity index (χ0) is 15.1. The van der Waals surface area contributed by atoms with Crippen molar-refractivity contribution in [1.82, 2.24) is 0 Å². The molecule has 112 valence electrons. The van der Waals surface area contributed by atoms with Crippen LogP contribution in [0.2, 0.25) is 18.1 Å². The van der Waals surface area contributed by atoms with Gasteiger partial charge in [0.2, 0.25) is 0 Å². The van der Waals surface area contributed by atoms with E-state index in [1.54, 1.807) is 0 Å². The number of allylic oxidation sites excluding steroid dienone is 1. The molecule has 0 saturated carbocycles. The van der Waals surface area contributed by atoms with Gasteiger partial charge in [0.1, 0.15) is 0 Å². The Morgan fingerprint density at radius 1 is 1.37 bits per heavy atom. The van der Waals surface area contributed by atoms with E-state index < -0.39 is 13.9 Å². The van der Waals surface area contributed by atoms with E-state index >= 15 is 0 Å². The fourth-order valence-corrected chi connectivity index (χ4v) is 3.44. The highest BCUT2D eigenvalue weighted by molar-refractivity contribution is 6.74. The third-order valence-corrected chi connectivity index (χ3v) is 9.32. The molecule has 3 heteroatoms. The first-order valence-electron chi connectivity index (χ1n) is 7.47. The summed E-state index contributed by atoms with van der Waals surface area (Å²) in [7, 11) is -1.85. The topological polar surface area (TPSA) is 29.5 Å². The fraction of sp³-hybridized carbons (Fsp3) is 0.875. The molecule has 0 unspecified atom stereocenters. The lowest BCUT2D eigenvalue weighted by Gasteiger charge is -2.44. The number of hydrogen-bond acceptors (Lipinski definition) is 2. The molecule has 0 heterocycles. The SMILES string of the molecule is CC(C)C1=C[C@@H](O[Si](C)(C)C(C)(C)C)[C@@](C)(O)CC1. The molecule has 0 aliphatic heterocycles. The summed E-state index contributed by atoms with van der Waals surface area (Å²) in [5.41, 5.74) is 0.698. The van der Waals surface area contributed by atoms with Crippen LogP contribution in [0.3, 0.4) is 0 Å². The first-order chi connectivity index (χ1) is 8.37. The van der Waals surface area contributed by atoms with E-state index in [9.17, 15) is 5.11 Å². The molecule has 0 amide bonds. The summed E-state index contributed by atoms with van der Waals surface area (Å²) in [6.45, 7) is 17.6. The molecule has 0 saturated heterocycles. The van der Waals surface area contributed by atoms with E-state index in [4.69, 9.17) is 4.43 Å². The van der Waals surface area contributed by atoms with Gasteiger partial charge in [-0.1, -0.05) is 46.3 Å². The molecule has 2 nitrogen and oxygen atoms in total. The summed E-state index contributed by atoms with van der Waals surface area (Å²) in [6.07, 6.45) is 3.83. The maximum atomic E-state index is 10.6. The van der Waals surface area contributed by atoms with Crippen LogP contribution in [0.25, 0.3) is 0 Å². The van der Waals surface area contributed by atoms with E-state index in [1.807, 2.05) is 6.92 Å². The third kappa shape index (κ3) is 3.93. The van der Waals surface area contributed by atoms with Crippen LogP contribution in [-0.4, -0.2) is 25.1 Å². The second-order valence-electron chi connectivity index (χ2n) is 8.05. The van der Waals surface area contributed by atoms with Crippen molar-refractivity contribution in [3.8, 4) is 0 Å². The largest absolute Gasteiger partial charge is 0.408 e. The molecule has 0 radical (unpaired) electrons. The first kappa shape index (κ1) is 16.9. The fourth-order valence-electron chi connectivity index (χ4n) is 2.13. The quantitative estimate of drug-likeness (QED) is 0.610. The van der Waals surface area contributed by atoms with E-state index in [0.29, 0.717) is 5.92 Å². The Balaban J connectivity index is 2.98. The van der Waals surface area contributed by atoms with E-state index in [-0.39, 0.29) is 11.1 Å². The van der Waals surface area contributed by atoms with Gasteiger partial charge in [-0.05, 0) is 43.8 Å². The van der Waals surface area contributed by atoms with Gasteiger partial charge in [-0.3, -0.25) is 0 Å². The van der Waals surface area contributed by atoms with Crippen LogP contribution in [0.4, 0.5) is 0 Å². The monoisotopic (exact) mass is 284 g/mol. The number of aliphatic hydroxyl groups is 1. The molecular formula is C16H32O2Si. The molecule has 19 heavy (non-hydrogen) atoms. The van der Waals surface area contributed by atoms with Gasteiger partial charge < -0.3 is 9.53 Å². The maximum absolute atomic E-state index is 10.6. The van der Waals surface area contributed by atoms with Gasteiger partial charge in [0.25, 0.3) is 0 Å². The van der Waals surface area contributed by atoms with Gasteiger partial charge in [0, 0.05) is 0 Å². The zero-order valence-corrected chi connectivity index (χ0v) is 15.0. The molecule has 1 rings (SSSR count). The highest BCUT2D eigenvalue weighted by Gasteiger charge is 2.44. The van der Waals surface area contributed by atoms with Gasteiger partial charge in [-0.25, -0.2) is 0 Å². The molecule has 1 aliphatic carbocycles. The van der Waals surface area contributed by atoms with Crippen LogP contribution in [0.5, 0.6) is 0 Å². The van der Waals surface area contributed by atoms with Crippen molar-refractivity contribution in [1.29, 1.82) is 0 Å². The average Bonchev–Trinajstić information content (AvgIpc) is 2.18. The summed E-state index contributed by atoms with van der Waals surface area (Å²) in [4.78, 5) is 0. The van der Waals surface area contributed by atoms with E-state index in [0.717, 1.165) is 12.8 Å². The van der Waals surface area contributed by atoms with E-state index in [1.165, 1.54) is 5.57 Å². The van der Waals surface area contributed by atoms with Crippen LogP contribution < -0.4 is 0 Å². The van der Waals surface area contributed by atoms with Crippen LogP contribution in [0.1, 0.15) is 54.4 Å². The molecule has 0 spiro atoms. The van der Waals surface area contributed by atoms with Gasteiger partial charge in [-0.2, -0.15) is 0 Å². The van der Waals surface area contributed by atoms with Crippen LogP contribution in [0.15, 0.2) is 11.6 Å². The molecule has 0 aromatic rings. The molecule has 2 atom stereocenters. The molecule has 0 fully saturated rings. The lowest BCUT2D eigenvalue weighted by molar-refractivity contribution is -0.0432. The minimum Gasteiger partial charge on any atom is -0.408 e. The Hall–Kier alpha value is -0.123. The first-order valence-corrected chi connectivity index (χ1v) is 10.4. The van der Waals surface area contributed by atoms with Crippen molar-refractivity contribution < 1.29 is 9.53 Å². The van der Waals surface area contributed by atoms with Crippen molar-refractivity contribution in [2.75, 3.05) is 0 Å². The molecule has 1 aliphatic rings. The summed E-state index contributed by atoms with van der Waals surface area (Å²) < 4.78 is 6.45. The lowest BCUT2D eigenvalue weighted by atomic mass is 9.81. The Bertz CT molecular complexity index is 348. The van der Waals surface area contributed by atoms with Crippen LogP contribution in [-0.2, 0) is 4.43 Å². The third-order valence-electron chi connectivity index (χ3n) is 4.87. The molecular weight excluding hydrogens is 252 g/mol. The van der Waals surface area contributed by atoms with Crippen molar-refractivity contribution in [2.24, 2.45) is 5.92 Å². The van der Waals surface area contributed by atoms with Gasteiger partial charge in [0.05, 0.1) is 11.7 Å². The zero-order valence-electron chi connectivity index (χ0n) is 14.0. The Kier molecular flexibility index (Phi) is 4.76. The van der Waals surface area contributed by atoms with Crippen LogP contribution in [0, 0.1) is 5.92 Å². The lowest BCUT2D eigenvalue weighted by Crippen LogP contribution is -2.51. The predicted octanol–water partition coefficient (Wildman–Crippen LogP) is 4.50. The Labute approximate surface area is 120 Å². The maximum Gasteiger partial charge on any atom is 0.193 e. The van der Waals surface area contributed by atoms with Gasteiger partial charge in [-0.15, -0.1) is 0 Å². The number of rotatable bonds is 3. The summed E-state index contributed by atoms with van der Waals surface area (Å²) in [5, 5.41) is 10.8. The Morgan fingerprint density at radius 2 is 1.89 bits per heavy atom. The minimum absolute atomic E-state index is 0.153. The average molecular weight is 285 g/mol. The number of hydrogen-bond donors (Lipinski definition) is 1. The molecule has 0 aromatic carbocycles. The standard InChI is InChI=1S/C16H32O2Si/c1-12(2)13-9-10-16(6,17)14(11-13)18-19(7,8)15(3,4)5/h11-12,14,17H,9-10H2,1-8H3/t14-,16+/m1/s1. The highest BCUT2D eigenvalue weighted by Crippen LogP contribution is 2.41. The predicted molar refractivity (Wildman–Crippen MR) is 84.8 cm³/mol. The Morgan fingerprint density at radius 3 is 2.32 bits per heavy atom. The molecule has 0 bridgehead atoms. The minimum atomic E-state index is -1.85. The van der Waals surface area contributed by atoms with Gasteiger partial charge >= 0.3 is 0 Å². The van der Waals surface area contributed by atoms with Crippen molar-refractivity contribution in [2.45, 2.75) is 84.2 Å². The molecule has 0 aromatic heterocycles. The summed E-state index contributed by atoms with van der Waals surface area (Å²) in [6, 6.07) is 0. The smallest absolute Gasteiger partial charge is 0.193 e. The van der Waals surface area contributed by atoms with Crippen molar-refractivity contribution >= 4 is 8.32 Å². The second-order valence-corrected chi connectivity index (χ2v) is 12.8. The summed E-state index contributed by atoms with van der Waals surface area (Å²) in [5.74, 6) is 0.543.